The lowest BCUT2D eigenvalue weighted by Gasteiger charge is -2.27. The van der Waals surface area contributed by atoms with Gasteiger partial charge in [-0.05, 0) is 115 Å². The van der Waals surface area contributed by atoms with E-state index >= 15 is 4.57 Å². The molecule has 0 radical (unpaired) electrons. The minimum Gasteiger partial charge on any atom is -0.309 e. The minimum atomic E-state index is -3.55. The fourth-order valence-corrected chi connectivity index (χ4v) is 12.6. The van der Waals surface area contributed by atoms with Crippen LogP contribution in [0.25, 0.3) is 97.0 Å². The molecule has 12 rings (SSSR count). The van der Waals surface area contributed by atoms with Gasteiger partial charge in [0.15, 0.2) is 7.14 Å². The highest BCUT2D eigenvalue weighted by Gasteiger charge is 2.36. The van der Waals surface area contributed by atoms with Crippen molar-refractivity contribution in [2.45, 2.75) is 0 Å². The summed E-state index contributed by atoms with van der Waals surface area (Å²) in [5.74, 6) is 0. The van der Waals surface area contributed by atoms with Crippen molar-refractivity contribution in [1.29, 1.82) is 0 Å². The molecule has 12 aromatic carbocycles. The summed E-state index contributed by atoms with van der Waals surface area (Å²) in [4.78, 5) is 0. The molecule has 0 saturated carbocycles. The molecule has 0 atom stereocenters. The van der Waals surface area contributed by atoms with E-state index in [1.165, 1.54) is 80.8 Å². The predicted octanol–water partition coefficient (Wildman–Crippen LogP) is 12.0. The summed E-state index contributed by atoms with van der Waals surface area (Å²) in [6.45, 7) is 0. The van der Waals surface area contributed by atoms with Gasteiger partial charge in [-0.1, -0.05) is 146 Å². The van der Waals surface area contributed by atoms with Crippen LogP contribution in [0.1, 0.15) is 0 Å². The summed E-state index contributed by atoms with van der Waals surface area (Å²) in [5.41, 5.74) is 0. The molecule has 0 amide bonds. The van der Waals surface area contributed by atoms with Gasteiger partial charge in [0.25, 0.3) is 0 Å². The first-order valence-electron chi connectivity index (χ1n) is 17.3. The minimum absolute atomic E-state index is 0.897. The first kappa shape index (κ1) is 26.9. The lowest BCUT2D eigenvalue weighted by atomic mass is 9.94. The van der Waals surface area contributed by atoms with Crippen molar-refractivity contribution in [3.63, 3.8) is 0 Å². The average Bonchev–Trinajstić information content (AvgIpc) is 3.17. The van der Waals surface area contributed by atoms with Crippen molar-refractivity contribution in [1.82, 2.24) is 0 Å². The molecule has 0 aromatic heterocycles. The highest BCUT2D eigenvalue weighted by atomic mass is 31.2. The Balaban J connectivity index is 1.30. The normalized spacial score (nSPS) is 12.9. The van der Waals surface area contributed by atoms with Gasteiger partial charge in [0.05, 0.1) is 0 Å². The highest BCUT2D eigenvalue weighted by molar-refractivity contribution is 7.86. The van der Waals surface area contributed by atoms with E-state index in [1.54, 1.807) is 0 Å². The Kier molecular flexibility index (Phi) is 5.03. The molecule has 0 bridgehead atoms. The van der Waals surface area contributed by atoms with Gasteiger partial charge in [-0.25, -0.2) is 0 Å². The molecule has 0 saturated heterocycles. The third kappa shape index (κ3) is 3.27. The summed E-state index contributed by atoms with van der Waals surface area (Å²) in [6, 6.07) is 59.2. The summed E-state index contributed by atoms with van der Waals surface area (Å²) >= 11 is 0. The maximum atomic E-state index is 17.3. The molecule has 0 aliphatic carbocycles. The van der Waals surface area contributed by atoms with E-state index in [0.29, 0.717) is 0 Å². The molecule has 50 heavy (non-hydrogen) atoms. The number of benzene rings is 12. The molecule has 0 aliphatic heterocycles. The Hall–Kier alpha value is -6.01. The van der Waals surface area contributed by atoms with Crippen LogP contribution in [0.2, 0.25) is 0 Å². The van der Waals surface area contributed by atoms with E-state index in [2.05, 4.69) is 164 Å². The lowest BCUT2D eigenvalue weighted by molar-refractivity contribution is 0.593. The molecule has 0 heterocycles. The second kappa shape index (κ2) is 9.36. The zero-order chi connectivity index (χ0) is 32.7. The van der Waals surface area contributed by atoms with Gasteiger partial charge in [0.2, 0.25) is 0 Å². The fourth-order valence-electron chi connectivity index (χ4n) is 9.37. The SMILES string of the molecule is O=P(c1ccc2ccc3cccc4ccc1c2c34)(c1ccc2ccc3cccc4ccc1c2c34)c1ccc2ccc3cccc4ccc1c2c34. The van der Waals surface area contributed by atoms with E-state index in [0.717, 1.165) is 32.1 Å². The fraction of sp³-hybridized carbons (Fsp3) is 0. The highest BCUT2D eigenvalue weighted by Crippen LogP contribution is 2.51. The summed E-state index contributed by atoms with van der Waals surface area (Å²) in [6.07, 6.45) is 0. The molecule has 0 unspecified atom stereocenters. The zero-order valence-electron chi connectivity index (χ0n) is 26.9. The molecule has 12 aromatic rings. The van der Waals surface area contributed by atoms with Crippen LogP contribution in [0.4, 0.5) is 0 Å². The first-order valence-corrected chi connectivity index (χ1v) is 19.0. The molecular weight excluding hydrogens is 624 g/mol. The smallest absolute Gasteiger partial charge is 0.172 e. The van der Waals surface area contributed by atoms with Crippen molar-refractivity contribution < 1.29 is 4.57 Å². The average molecular weight is 651 g/mol. The molecular formula is C48H27OP. The Bertz CT molecular complexity index is 3000. The van der Waals surface area contributed by atoms with Crippen LogP contribution >= 0.6 is 7.14 Å². The van der Waals surface area contributed by atoms with Gasteiger partial charge >= 0.3 is 0 Å². The van der Waals surface area contributed by atoms with Crippen LogP contribution in [0, 0.1) is 0 Å². The van der Waals surface area contributed by atoms with E-state index in [-0.39, 0.29) is 0 Å². The van der Waals surface area contributed by atoms with Crippen molar-refractivity contribution in [3.05, 3.63) is 164 Å². The monoisotopic (exact) mass is 650 g/mol. The summed E-state index contributed by atoms with van der Waals surface area (Å²) in [5, 5.41) is 23.9. The topological polar surface area (TPSA) is 17.1 Å². The van der Waals surface area contributed by atoms with E-state index in [4.69, 9.17) is 0 Å². The van der Waals surface area contributed by atoms with Crippen LogP contribution < -0.4 is 15.9 Å². The molecule has 0 aliphatic rings. The Morgan fingerprint density at radius 1 is 0.240 bits per heavy atom. The Labute approximate surface area is 287 Å². The molecule has 0 N–H and O–H groups in total. The number of hydrogen-bond donors (Lipinski definition) is 0. The van der Waals surface area contributed by atoms with Gasteiger partial charge in [-0.3, -0.25) is 0 Å². The van der Waals surface area contributed by atoms with Crippen LogP contribution in [0.5, 0.6) is 0 Å². The van der Waals surface area contributed by atoms with Crippen LogP contribution in [0.3, 0.4) is 0 Å². The van der Waals surface area contributed by atoms with Crippen LogP contribution in [-0.2, 0) is 4.57 Å². The lowest BCUT2D eigenvalue weighted by Crippen LogP contribution is -2.27. The Morgan fingerprint density at radius 3 is 0.740 bits per heavy atom. The maximum absolute atomic E-state index is 17.3. The van der Waals surface area contributed by atoms with E-state index < -0.39 is 7.14 Å². The van der Waals surface area contributed by atoms with Crippen LogP contribution in [0.15, 0.2) is 164 Å². The van der Waals surface area contributed by atoms with Crippen LogP contribution in [-0.4, -0.2) is 0 Å². The van der Waals surface area contributed by atoms with Gasteiger partial charge in [0.1, 0.15) is 0 Å². The maximum Gasteiger partial charge on any atom is 0.172 e. The van der Waals surface area contributed by atoms with Gasteiger partial charge in [-0.2, -0.15) is 0 Å². The largest absolute Gasteiger partial charge is 0.309 e. The van der Waals surface area contributed by atoms with E-state index in [1.807, 2.05) is 0 Å². The van der Waals surface area contributed by atoms with Crippen molar-refractivity contribution in [2.24, 2.45) is 0 Å². The van der Waals surface area contributed by atoms with Crippen molar-refractivity contribution >= 4 is 120 Å². The molecule has 1 nitrogen and oxygen atoms in total. The zero-order valence-corrected chi connectivity index (χ0v) is 27.8. The molecule has 0 fully saturated rings. The molecule has 0 spiro atoms. The summed E-state index contributed by atoms with van der Waals surface area (Å²) < 4.78 is 17.3. The third-order valence-electron chi connectivity index (χ3n) is 11.5. The second-order valence-electron chi connectivity index (χ2n) is 13.9. The van der Waals surface area contributed by atoms with Gasteiger partial charge in [-0.15, -0.1) is 0 Å². The quantitative estimate of drug-likeness (QED) is 0.137. The molecule has 230 valence electrons. The first-order chi connectivity index (χ1) is 24.7. The Morgan fingerprint density at radius 2 is 0.460 bits per heavy atom. The van der Waals surface area contributed by atoms with E-state index in [9.17, 15) is 0 Å². The second-order valence-corrected chi connectivity index (χ2v) is 16.6. The van der Waals surface area contributed by atoms with Gasteiger partial charge < -0.3 is 4.57 Å². The van der Waals surface area contributed by atoms with Crippen molar-refractivity contribution in [2.75, 3.05) is 0 Å². The number of hydrogen-bond acceptors (Lipinski definition) is 1. The number of rotatable bonds is 3. The van der Waals surface area contributed by atoms with Crippen molar-refractivity contribution in [3.8, 4) is 0 Å². The third-order valence-corrected chi connectivity index (χ3v) is 14.7. The predicted molar refractivity (Wildman–Crippen MR) is 217 cm³/mol. The van der Waals surface area contributed by atoms with Gasteiger partial charge in [0, 0.05) is 15.9 Å². The summed E-state index contributed by atoms with van der Waals surface area (Å²) in [7, 11) is -3.55. The standard InChI is InChI=1S/C48H27OP/c49-50(40-25-19-34-13-10-28-4-1-7-31-16-22-37(40)46(34)43(28)31,41-26-20-35-14-11-29-5-2-8-32-17-23-38(41)47(35)44(29)32)42-27-21-36-15-12-30-6-3-9-33-18-24-39(42)48(36)45(30)33/h1-27H. The molecule has 2 heteroatoms.